The number of carbonyl (C=O) groups is 1. The first-order valence-corrected chi connectivity index (χ1v) is 10.6. The summed E-state index contributed by atoms with van der Waals surface area (Å²) < 4.78 is 28.2. The third kappa shape index (κ3) is 4.43. The maximum absolute atomic E-state index is 12.4. The standard InChI is InChI=1S/C17H14N2O4S3/c1-11-10-24-17(18-11)25-14-7-5-13(6-8-14)19-26(22,23)15-4-2-3-12(9-15)16(20)21/h2-10,19H,1H3,(H,20,21). The van der Waals surface area contributed by atoms with Crippen molar-refractivity contribution < 1.29 is 18.3 Å². The second kappa shape index (κ2) is 7.48. The molecule has 3 rings (SSSR count). The molecule has 0 aliphatic heterocycles. The van der Waals surface area contributed by atoms with Crippen LogP contribution in [0.3, 0.4) is 0 Å². The third-order valence-corrected chi connectivity index (χ3v) is 6.74. The molecule has 0 saturated carbocycles. The van der Waals surface area contributed by atoms with Crippen molar-refractivity contribution in [3.05, 3.63) is 65.2 Å². The van der Waals surface area contributed by atoms with Crippen molar-refractivity contribution in [2.45, 2.75) is 21.1 Å². The number of thiazole rings is 1. The highest BCUT2D eigenvalue weighted by Gasteiger charge is 2.16. The average molecular weight is 407 g/mol. The van der Waals surface area contributed by atoms with Gasteiger partial charge in [-0.15, -0.1) is 11.3 Å². The lowest BCUT2D eigenvalue weighted by molar-refractivity contribution is 0.0696. The Hall–Kier alpha value is -2.36. The van der Waals surface area contributed by atoms with Crippen LogP contribution in [-0.2, 0) is 10.0 Å². The maximum atomic E-state index is 12.4. The van der Waals surface area contributed by atoms with Crippen LogP contribution in [0.25, 0.3) is 0 Å². The van der Waals surface area contributed by atoms with Gasteiger partial charge < -0.3 is 5.11 Å². The van der Waals surface area contributed by atoms with Gasteiger partial charge >= 0.3 is 5.97 Å². The summed E-state index contributed by atoms with van der Waals surface area (Å²) in [7, 11) is -3.87. The molecule has 2 N–H and O–H groups in total. The third-order valence-electron chi connectivity index (χ3n) is 3.30. The van der Waals surface area contributed by atoms with Crippen LogP contribution >= 0.6 is 23.1 Å². The molecule has 6 nitrogen and oxygen atoms in total. The topological polar surface area (TPSA) is 96.4 Å². The average Bonchev–Trinajstić information content (AvgIpc) is 3.01. The SMILES string of the molecule is Cc1csc(Sc2ccc(NS(=O)(=O)c3cccc(C(=O)O)c3)cc2)n1. The zero-order valence-corrected chi connectivity index (χ0v) is 16.0. The van der Waals surface area contributed by atoms with E-state index in [-0.39, 0.29) is 10.5 Å². The molecule has 134 valence electrons. The molecule has 0 unspecified atom stereocenters. The number of sulfonamides is 1. The number of benzene rings is 2. The summed E-state index contributed by atoms with van der Waals surface area (Å²) in [4.78, 5) is 16.2. The van der Waals surface area contributed by atoms with Crippen LogP contribution < -0.4 is 4.72 Å². The van der Waals surface area contributed by atoms with Crippen LogP contribution in [0, 0.1) is 6.92 Å². The molecule has 0 amide bonds. The van der Waals surface area contributed by atoms with E-state index in [1.165, 1.54) is 30.0 Å². The summed E-state index contributed by atoms with van der Waals surface area (Å²) >= 11 is 3.05. The van der Waals surface area contributed by atoms with Gasteiger partial charge in [-0.1, -0.05) is 17.8 Å². The van der Waals surface area contributed by atoms with E-state index in [0.29, 0.717) is 5.69 Å². The quantitative estimate of drug-likeness (QED) is 0.640. The van der Waals surface area contributed by atoms with Crippen molar-refractivity contribution in [3.8, 4) is 0 Å². The van der Waals surface area contributed by atoms with Gasteiger partial charge in [0.2, 0.25) is 0 Å². The molecule has 1 aromatic heterocycles. The number of aromatic nitrogens is 1. The predicted octanol–water partition coefficient (Wildman–Crippen LogP) is 4.10. The van der Waals surface area contributed by atoms with E-state index in [1.807, 2.05) is 12.3 Å². The number of anilines is 1. The maximum Gasteiger partial charge on any atom is 0.335 e. The van der Waals surface area contributed by atoms with Gasteiger partial charge in [-0.2, -0.15) is 0 Å². The highest BCUT2D eigenvalue weighted by molar-refractivity contribution is 8.01. The molecule has 0 spiro atoms. The monoisotopic (exact) mass is 406 g/mol. The number of carboxylic acid groups (broad SMARTS) is 1. The molecule has 0 aliphatic carbocycles. The van der Waals surface area contributed by atoms with Crippen molar-refractivity contribution in [1.82, 2.24) is 4.98 Å². The number of aromatic carboxylic acids is 1. The first kappa shape index (κ1) is 18.4. The normalized spacial score (nSPS) is 11.3. The number of rotatable bonds is 6. The minimum atomic E-state index is -3.87. The highest BCUT2D eigenvalue weighted by Crippen LogP contribution is 2.31. The number of hydrogen-bond donors (Lipinski definition) is 2. The predicted molar refractivity (Wildman–Crippen MR) is 102 cm³/mol. The summed E-state index contributed by atoms with van der Waals surface area (Å²) in [5.41, 5.74) is 1.27. The first-order chi connectivity index (χ1) is 12.3. The number of nitrogens with one attached hydrogen (secondary N) is 1. The molecule has 0 fully saturated rings. The van der Waals surface area contributed by atoms with Crippen molar-refractivity contribution >= 4 is 44.8 Å². The Bertz CT molecular complexity index is 1040. The highest BCUT2D eigenvalue weighted by atomic mass is 32.2. The Labute approximate surface area is 159 Å². The molecule has 0 bridgehead atoms. The molecular weight excluding hydrogens is 392 g/mol. The van der Waals surface area contributed by atoms with Gasteiger partial charge in [-0.05, 0) is 49.4 Å². The molecule has 0 aliphatic rings. The van der Waals surface area contributed by atoms with E-state index in [1.54, 1.807) is 35.6 Å². The van der Waals surface area contributed by atoms with Gasteiger partial charge in [0.1, 0.15) is 0 Å². The minimum Gasteiger partial charge on any atom is -0.478 e. The molecule has 9 heteroatoms. The van der Waals surface area contributed by atoms with E-state index in [9.17, 15) is 13.2 Å². The van der Waals surface area contributed by atoms with E-state index in [2.05, 4.69) is 9.71 Å². The van der Waals surface area contributed by atoms with Crippen LogP contribution in [0.2, 0.25) is 0 Å². The Kier molecular flexibility index (Phi) is 5.30. The fraction of sp³-hybridized carbons (Fsp3) is 0.0588. The van der Waals surface area contributed by atoms with Gasteiger partial charge in [0.25, 0.3) is 10.0 Å². The molecule has 0 saturated heterocycles. The summed E-state index contributed by atoms with van der Waals surface area (Å²) in [6.07, 6.45) is 0. The second-order valence-corrected chi connectivity index (χ2v) is 9.18. The Morgan fingerprint density at radius 3 is 2.54 bits per heavy atom. The summed E-state index contributed by atoms with van der Waals surface area (Å²) in [5.74, 6) is -1.18. The van der Waals surface area contributed by atoms with Gasteiger partial charge in [0.05, 0.1) is 10.5 Å². The largest absolute Gasteiger partial charge is 0.478 e. The first-order valence-electron chi connectivity index (χ1n) is 7.40. The zero-order valence-electron chi connectivity index (χ0n) is 13.5. The fourth-order valence-electron chi connectivity index (χ4n) is 2.08. The molecular formula is C17H14N2O4S3. The van der Waals surface area contributed by atoms with E-state index in [0.717, 1.165) is 21.0 Å². The number of carboxylic acids is 1. The van der Waals surface area contributed by atoms with Crippen LogP contribution in [0.5, 0.6) is 0 Å². The number of hydrogen-bond acceptors (Lipinski definition) is 6. The number of nitrogens with zero attached hydrogens (tertiary/aromatic N) is 1. The Morgan fingerprint density at radius 1 is 1.19 bits per heavy atom. The molecule has 3 aromatic rings. The van der Waals surface area contributed by atoms with Crippen LogP contribution in [0.4, 0.5) is 5.69 Å². The van der Waals surface area contributed by atoms with Crippen molar-refractivity contribution in [1.29, 1.82) is 0 Å². The molecule has 2 aromatic carbocycles. The zero-order chi connectivity index (χ0) is 18.7. The summed E-state index contributed by atoms with van der Waals surface area (Å²) in [5, 5.41) is 11.0. The van der Waals surface area contributed by atoms with E-state index < -0.39 is 16.0 Å². The van der Waals surface area contributed by atoms with Crippen LogP contribution in [0.15, 0.2) is 68.0 Å². The second-order valence-electron chi connectivity index (χ2n) is 5.32. The molecule has 26 heavy (non-hydrogen) atoms. The van der Waals surface area contributed by atoms with Crippen molar-refractivity contribution in [2.75, 3.05) is 4.72 Å². The lowest BCUT2D eigenvalue weighted by Gasteiger charge is -2.09. The van der Waals surface area contributed by atoms with Crippen LogP contribution in [-0.4, -0.2) is 24.5 Å². The fourth-order valence-corrected chi connectivity index (χ4v) is 5.00. The summed E-state index contributed by atoms with van der Waals surface area (Å²) in [6.45, 7) is 1.93. The van der Waals surface area contributed by atoms with E-state index >= 15 is 0 Å². The molecule has 1 heterocycles. The Balaban J connectivity index is 1.75. The van der Waals surface area contributed by atoms with E-state index in [4.69, 9.17) is 5.11 Å². The van der Waals surface area contributed by atoms with Gasteiger partial charge in [0.15, 0.2) is 4.34 Å². The van der Waals surface area contributed by atoms with Gasteiger partial charge in [0, 0.05) is 21.7 Å². The Morgan fingerprint density at radius 2 is 1.92 bits per heavy atom. The van der Waals surface area contributed by atoms with Crippen LogP contribution in [0.1, 0.15) is 16.1 Å². The molecule has 0 radical (unpaired) electrons. The van der Waals surface area contributed by atoms with Crippen molar-refractivity contribution in [2.24, 2.45) is 0 Å². The number of aryl methyl sites for hydroxylation is 1. The van der Waals surface area contributed by atoms with Gasteiger partial charge in [-0.25, -0.2) is 18.2 Å². The smallest absolute Gasteiger partial charge is 0.335 e. The minimum absolute atomic E-state index is 0.0848. The van der Waals surface area contributed by atoms with Crippen molar-refractivity contribution in [3.63, 3.8) is 0 Å². The lowest BCUT2D eigenvalue weighted by atomic mass is 10.2. The summed E-state index contributed by atoms with van der Waals surface area (Å²) in [6, 6.07) is 12.1. The van der Waals surface area contributed by atoms with Gasteiger partial charge in [-0.3, -0.25) is 4.72 Å². The molecule has 0 atom stereocenters. The lowest BCUT2D eigenvalue weighted by Crippen LogP contribution is -2.13.